The lowest BCUT2D eigenvalue weighted by atomic mass is 9.93. The number of allylic oxidation sites excluding steroid dienone is 2. The van der Waals surface area contributed by atoms with Crippen LogP contribution in [0.3, 0.4) is 0 Å². The van der Waals surface area contributed by atoms with Gasteiger partial charge in [0.1, 0.15) is 0 Å². The molecule has 3 nitrogen and oxygen atoms in total. The number of hydrogen-bond acceptors (Lipinski definition) is 3. The Labute approximate surface area is 99.3 Å². The average Bonchev–Trinajstić information content (AvgIpc) is 2.38. The van der Waals surface area contributed by atoms with E-state index in [1.54, 1.807) is 6.07 Å². The number of esters is 1. The molecule has 1 aliphatic carbocycles. The van der Waals surface area contributed by atoms with E-state index in [2.05, 4.69) is 15.8 Å². The number of methoxy groups -OCH3 is 1. The molecule has 0 bridgehead atoms. The highest BCUT2D eigenvalue weighted by Crippen LogP contribution is 2.28. The standard InChI is InChI=1S/C13H14FNO2/c1-17-13(16)12-10(7-8-11(14)15-12)9-5-3-2-4-6-9/h5,7-8H,2-4,6H2,1H3. The molecular weight excluding hydrogens is 221 g/mol. The van der Waals surface area contributed by atoms with E-state index in [4.69, 9.17) is 0 Å². The van der Waals surface area contributed by atoms with Crippen LogP contribution >= 0.6 is 0 Å². The van der Waals surface area contributed by atoms with Crippen LogP contribution in [0.5, 0.6) is 0 Å². The van der Waals surface area contributed by atoms with Crippen molar-refractivity contribution in [3.8, 4) is 0 Å². The molecule has 0 atom stereocenters. The molecule has 0 unspecified atom stereocenters. The maximum Gasteiger partial charge on any atom is 0.357 e. The van der Waals surface area contributed by atoms with Gasteiger partial charge in [-0.2, -0.15) is 4.39 Å². The minimum atomic E-state index is -0.662. The summed E-state index contributed by atoms with van der Waals surface area (Å²) in [5.41, 5.74) is 1.82. The number of carbonyl (C=O) groups is 1. The van der Waals surface area contributed by atoms with Crippen molar-refractivity contribution >= 4 is 11.5 Å². The van der Waals surface area contributed by atoms with Crippen LogP contribution in [0.25, 0.3) is 5.57 Å². The van der Waals surface area contributed by atoms with E-state index in [9.17, 15) is 9.18 Å². The molecule has 2 rings (SSSR count). The second kappa shape index (κ2) is 5.08. The summed E-state index contributed by atoms with van der Waals surface area (Å²) >= 11 is 0. The third-order valence-electron chi connectivity index (χ3n) is 2.88. The Hall–Kier alpha value is -1.71. The van der Waals surface area contributed by atoms with Gasteiger partial charge in [-0.3, -0.25) is 0 Å². The Bertz CT molecular complexity index is 468. The number of ether oxygens (including phenoxy) is 1. The molecule has 0 amide bonds. The average molecular weight is 235 g/mol. The zero-order chi connectivity index (χ0) is 12.3. The molecule has 4 heteroatoms. The van der Waals surface area contributed by atoms with Crippen LogP contribution in [0.2, 0.25) is 0 Å². The first-order valence-corrected chi connectivity index (χ1v) is 5.66. The summed E-state index contributed by atoms with van der Waals surface area (Å²) in [4.78, 5) is 15.2. The molecule has 0 saturated carbocycles. The first kappa shape index (κ1) is 11.8. The van der Waals surface area contributed by atoms with Crippen LogP contribution in [0, 0.1) is 5.95 Å². The highest BCUT2D eigenvalue weighted by molar-refractivity contribution is 5.93. The van der Waals surface area contributed by atoms with Gasteiger partial charge in [0, 0.05) is 5.56 Å². The summed E-state index contributed by atoms with van der Waals surface area (Å²) in [5.74, 6) is -1.25. The Kier molecular flexibility index (Phi) is 3.52. The molecule has 1 aliphatic rings. The van der Waals surface area contributed by atoms with Crippen LogP contribution in [-0.2, 0) is 4.74 Å². The van der Waals surface area contributed by atoms with Gasteiger partial charge >= 0.3 is 5.97 Å². The summed E-state index contributed by atoms with van der Waals surface area (Å²) in [5, 5.41) is 0. The second-order valence-corrected chi connectivity index (χ2v) is 4.00. The second-order valence-electron chi connectivity index (χ2n) is 4.00. The van der Waals surface area contributed by atoms with Crippen LogP contribution in [0.4, 0.5) is 4.39 Å². The number of carbonyl (C=O) groups excluding carboxylic acids is 1. The minimum absolute atomic E-state index is 0.0700. The number of aromatic nitrogens is 1. The van der Waals surface area contributed by atoms with Gasteiger partial charge in [0.05, 0.1) is 7.11 Å². The van der Waals surface area contributed by atoms with E-state index in [0.29, 0.717) is 5.56 Å². The topological polar surface area (TPSA) is 39.2 Å². The maximum atomic E-state index is 13.1. The normalized spacial score (nSPS) is 15.3. The number of halogens is 1. The number of rotatable bonds is 2. The molecule has 1 aromatic heterocycles. The predicted molar refractivity (Wildman–Crippen MR) is 62.0 cm³/mol. The van der Waals surface area contributed by atoms with E-state index >= 15 is 0 Å². The molecule has 90 valence electrons. The molecule has 0 radical (unpaired) electrons. The van der Waals surface area contributed by atoms with E-state index in [-0.39, 0.29) is 5.69 Å². The summed E-state index contributed by atoms with van der Waals surface area (Å²) < 4.78 is 17.7. The van der Waals surface area contributed by atoms with Gasteiger partial charge in [0.2, 0.25) is 5.95 Å². The third kappa shape index (κ3) is 2.52. The van der Waals surface area contributed by atoms with E-state index in [1.807, 2.05) is 0 Å². The van der Waals surface area contributed by atoms with Crippen molar-refractivity contribution in [2.45, 2.75) is 25.7 Å². The van der Waals surface area contributed by atoms with Crippen molar-refractivity contribution in [2.24, 2.45) is 0 Å². The van der Waals surface area contributed by atoms with Crippen molar-refractivity contribution < 1.29 is 13.9 Å². The molecule has 0 aliphatic heterocycles. The SMILES string of the molecule is COC(=O)c1nc(F)ccc1C1=CCCCC1. The van der Waals surface area contributed by atoms with Crippen LogP contribution < -0.4 is 0 Å². The van der Waals surface area contributed by atoms with Gasteiger partial charge in [0.15, 0.2) is 5.69 Å². The van der Waals surface area contributed by atoms with Gasteiger partial charge in [-0.05, 0) is 43.4 Å². The number of pyridine rings is 1. The summed E-state index contributed by atoms with van der Waals surface area (Å²) in [7, 11) is 1.27. The largest absolute Gasteiger partial charge is 0.464 e. The van der Waals surface area contributed by atoms with Crippen molar-refractivity contribution in [1.82, 2.24) is 4.98 Å². The number of nitrogens with zero attached hydrogens (tertiary/aromatic N) is 1. The smallest absolute Gasteiger partial charge is 0.357 e. The lowest BCUT2D eigenvalue weighted by molar-refractivity contribution is 0.0592. The van der Waals surface area contributed by atoms with Crippen LogP contribution in [0.1, 0.15) is 41.7 Å². The molecule has 0 aromatic carbocycles. The Morgan fingerprint density at radius 1 is 1.41 bits per heavy atom. The van der Waals surface area contributed by atoms with Crippen LogP contribution in [-0.4, -0.2) is 18.1 Å². The molecule has 0 saturated heterocycles. The quantitative estimate of drug-likeness (QED) is 0.584. The van der Waals surface area contributed by atoms with E-state index < -0.39 is 11.9 Å². The Balaban J connectivity index is 2.45. The highest BCUT2D eigenvalue weighted by Gasteiger charge is 2.18. The predicted octanol–water partition coefficient (Wildman–Crippen LogP) is 2.96. The molecule has 0 N–H and O–H groups in total. The molecule has 0 spiro atoms. The summed E-state index contributed by atoms with van der Waals surface area (Å²) in [6.45, 7) is 0. The third-order valence-corrected chi connectivity index (χ3v) is 2.88. The Morgan fingerprint density at radius 2 is 2.24 bits per heavy atom. The summed E-state index contributed by atoms with van der Waals surface area (Å²) in [6.07, 6.45) is 6.23. The fraction of sp³-hybridized carbons (Fsp3) is 0.385. The molecular formula is C13H14FNO2. The molecule has 17 heavy (non-hydrogen) atoms. The van der Waals surface area contributed by atoms with E-state index in [1.165, 1.54) is 13.2 Å². The van der Waals surface area contributed by atoms with Gasteiger partial charge in [-0.25, -0.2) is 9.78 Å². The monoisotopic (exact) mass is 235 g/mol. The molecule has 0 fully saturated rings. The van der Waals surface area contributed by atoms with E-state index in [0.717, 1.165) is 31.3 Å². The van der Waals surface area contributed by atoms with Gasteiger partial charge < -0.3 is 4.74 Å². The lowest BCUT2D eigenvalue weighted by Crippen LogP contribution is -2.10. The zero-order valence-electron chi connectivity index (χ0n) is 9.70. The first-order valence-electron chi connectivity index (χ1n) is 5.66. The van der Waals surface area contributed by atoms with Crippen molar-refractivity contribution in [3.63, 3.8) is 0 Å². The van der Waals surface area contributed by atoms with Gasteiger partial charge in [-0.15, -0.1) is 0 Å². The lowest BCUT2D eigenvalue weighted by Gasteiger charge is -2.14. The van der Waals surface area contributed by atoms with Crippen LogP contribution in [0.15, 0.2) is 18.2 Å². The van der Waals surface area contributed by atoms with Gasteiger partial charge in [-0.1, -0.05) is 6.08 Å². The minimum Gasteiger partial charge on any atom is -0.464 e. The summed E-state index contributed by atoms with van der Waals surface area (Å²) in [6, 6.07) is 2.88. The fourth-order valence-corrected chi connectivity index (χ4v) is 2.03. The maximum absolute atomic E-state index is 13.1. The Morgan fingerprint density at radius 3 is 2.88 bits per heavy atom. The molecule has 1 aromatic rings. The van der Waals surface area contributed by atoms with Crippen molar-refractivity contribution in [1.29, 1.82) is 0 Å². The zero-order valence-corrected chi connectivity index (χ0v) is 9.70. The number of hydrogen-bond donors (Lipinski definition) is 0. The fourth-order valence-electron chi connectivity index (χ4n) is 2.03. The van der Waals surface area contributed by atoms with Crippen molar-refractivity contribution in [3.05, 3.63) is 35.4 Å². The van der Waals surface area contributed by atoms with Crippen molar-refractivity contribution in [2.75, 3.05) is 7.11 Å². The van der Waals surface area contributed by atoms with Gasteiger partial charge in [0.25, 0.3) is 0 Å². The highest BCUT2D eigenvalue weighted by atomic mass is 19.1. The molecule has 1 heterocycles. The first-order chi connectivity index (χ1) is 8.22.